The van der Waals surface area contributed by atoms with Gasteiger partial charge in [-0.2, -0.15) is 0 Å². The highest BCUT2D eigenvalue weighted by Gasteiger charge is 2.05. The molecule has 0 aromatic rings. The van der Waals surface area contributed by atoms with Gasteiger partial charge in [-0.15, -0.1) is 11.6 Å². The Morgan fingerprint density at radius 3 is 2.20 bits per heavy atom. The van der Waals surface area contributed by atoms with Gasteiger partial charge < -0.3 is 0 Å². The van der Waals surface area contributed by atoms with E-state index in [1.807, 2.05) is 21.6 Å². The van der Waals surface area contributed by atoms with Crippen molar-refractivity contribution in [2.24, 2.45) is 0 Å². The summed E-state index contributed by atoms with van der Waals surface area (Å²) in [4.78, 5) is 0. The zero-order valence-corrected chi connectivity index (χ0v) is 9.15. The van der Waals surface area contributed by atoms with Crippen LogP contribution >= 0.6 is 33.2 Å². The van der Waals surface area contributed by atoms with Crippen LogP contribution in [-0.2, 0) is 0 Å². The Hall–Kier alpha value is 0.990. The molecule has 0 saturated carbocycles. The van der Waals surface area contributed by atoms with Gasteiger partial charge in [-0.1, -0.05) is 42.4 Å². The third-order valence-corrected chi connectivity index (χ3v) is 5.14. The van der Waals surface area contributed by atoms with Gasteiger partial charge in [0.15, 0.2) is 0 Å². The average molecular weight is 199 g/mol. The molecule has 0 heterocycles. The van der Waals surface area contributed by atoms with Crippen molar-refractivity contribution in [1.29, 1.82) is 0 Å². The van der Waals surface area contributed by atoms with Gasteiger partial charge in [-0.3, -0.25) is 0 Å². The molecule has 62 valence electrons. The molecule has 0 rings (SSSR count). The molecule has 0 aliphatic heterocycles. The average Bonchev–Trinajstić information content (AvgIpc) is 1.90. The maximum absolute atomic E-state index is 5.72. The smallest absolute Gasteiger partial charge is 0.0350 e. The summed E-state index contributed by atoms with van der Waals surface area (Å²) in [5.41, 5.74) is 0. The van der Waals surface area contributed by atoms with E-state index in [9.17, 15) is 0 Å². The van der Waals surface area contributed by atoms with Crippen molar-refractivity contribution in [2.45, 2.75) is 37.7 Å². The number of hydrogen-bond donors (Lipinski definition) is 0. The van der Waals surface area contributed by atoms with E-state index in [4.69, 9.17) is 11.6 Å². The van der Waals surface area contributed by atoms with E-state index in [-0.39, 0.29) is 0 Å². The number of alkyl halides is 1. The third-order valence-electron chi connectivity index (χ3n) is 1.01. The van der Waals surface area contributed by atoms with Gasteiger partial charge in [0.05, 0.1) is 0 Å². The fourth-order valence-electron chi connectivity index (χ4n) is 0.393. The predicted octanol–water partition coefficient (Wildman–Crippen LogP) is 3.79. The highest BCUT2D eigenvalue weighted by molar-refractivity contribution is 8.77. The maximum atomic E-state index is 5.72. The van der Waals surface area contributed by atoms with Crippen molar-refractivity contribution in [3.05, 3.63) is 0 Å². The monoisotopic (exact) mass is 198 g/mol. The molecule has 0 amide bonds. The van der Waals surface area contributed by atoms with Gasteiger partial charge in [0.2, 0.25) is 0 Å². The Morgan fingerprint density at radius 2 is 1.90 bits per heavy atom. The molecule has 3 heteroatoms. The van der Waals surface area contributed by atoms with E-state index in [1.54, 1.807) is 0 Å². The first-order chi connectivity index (χ1) is 4.70. The van der Waals surface area contributed by atoms with Crippen LogP contribution in [0, 0.1) is 0 Å². The van der Waals surface area contributed by atoms with E-state index < -0.39 is 0 Å². The van der Waals surface area contributed by atoms with Crippen LogP contribution in [-0.4, -0.2) is 16.4 Å². The van der Waals surface area contributed by atoms with Gasteiger partial charge >= 0.3 is 0 Å². The van der Waals surface area contributed by atoms with E-state index >= 15 is 0 Å². The number of rotatable bonds is 5. The van der Waals surface area contributed by atoms with Crippen molar-refractivity contribution in [2.75, 3.05) is 5.88 Å². The van der Waals surface area contributed by atoms with Crippen LogP contribution in [0.5, 0.6) is 0 Å². The van der Waals surface area contributed by atoms with E-state index in [2.05, 4.69) is 20.8 Å². The third kappa shape index (κ3) is 5.75. The topological polar surface area (TPSA) is 0 Å². The zero-order valence-electron chi connectivity index (χ0n) is 6.76. The van der Waals surface area contributed by atoms with Crippen LogP contribution in [0.3, 0.4) is 0 Å². The van der Waals surface area contributed by atoms with Crippen LogP contribution in [0.25, 0.3) is 0 Å². The van der Waals surface area contributed by atoms with Gasteiger partial charge in [-0.25, -0.2) is 0 Å². The highest BCUT2D eigenvalue weighted by Crippen LogP contribution is 2.32. The van der Waals surface area contributed by atoms with E-state index in [0.29, 0.717) is 10.5 Å². The van der Waals surface area contributed by atoms with Gasteiger partial charge in [-0.05, 0) is 6.42 Å². The molecule has 0 bridgehead atoms. The van der Waals surface area contributed by atoms with Gasteiger partial charge in [0.25, 0.3) is 0 Å². The molecule has 0 fully saturated rings. The second-order valence-corrected chi connectivity index (χ2v) is 5.88. The second kappa shape index (κ2) is 6.68. The van der Waals surface area contributed by atoms with Crippen molar-refractivity contribution in [3.63, 3.8) is 0 Å². The van der Waals surface area contributed by atoms with Crippen LogP contribution < -0.4 is 0 Å². The highest BCUT2D eigenvalue weighted by atomic mass is 35.5. The Kier molecular flexibility index (Phi) is 7.35. The molecule has 0 saturated heterocycles. The molecular formula is C7H15ClS2. The molecule has 1 unspecified atom stereocenters. The minimum Gasteiger partial charge on any atom is -0.125 e. The minimum absolute atomic E-state index is 0.633. The molecule has 0 aliphatic rings. The van der Waals surface area contributed by atoms with Gasteiger partial charge in [0.1, 0.15) is 0 Å². The number of halogens is 1. The molecule has 0 nitrogen and oxygen atoms in total. The fourth-order valence-corrected chi connectivity index (χ4v) is 3.34. The minimum atomic E-state index is 0.633. The Morgan fingerprint density at radius 1 is 1.30 bits per heavy atom. The summed E-state index contributed by atoms with van der Waals surface area (Å²) in [6.45, 7) is 6.60. The lowest BCUT2D eigenvalue weighted by molar-refractivity contribution is 0.918. The summed E-state index contributed by atoms with van der Waals surface area (Å²) >= 11 is 5.72. The SMILES string of the molecule is CCC(CCl)SSC(C)C. The summed E-state index contributed by atoms with van der Waals surface area (Å²) in [7, 11) is 3.84. The second-order valence-electron chi connectivity index (χ2n) is 2.43. The van der Waals surface area contributed by atoms with E-state index in [1.165, 1.54) is 6.42 Å². The van der Waals surface area contributed by atoms with Crippen LogP contribution in [0.2, 0.25) is 0 Å². The first kappa shape index (κ1) is 11.0. The van der Waals surface area contributed by atoms with Crippen molar-refractivity contribution in [1.82, 2.24) is 0 Å². The maximum Gasteiger partial charge on any atom is 0.0350 e. The lowest BCUT2D eigenvalue weighted by Crippen LogP contribution is -2.00. The van der Waals surface area contributed by atoms with Crippen molar-refractivity contribution >= 4 is 33.2 Å². The molecule has 0 aromatic carbocycles. The Bertz CT molecular complexity index is 72.0. The molecule has 0 aromatic heterocycles. The van der Waals surface area contributed by atoms with Crippen molar-refractivity contribution < 1.29 is 0 Å². The standard InChI is InChI=1S/C7H15ClS2/c1-4-7(5-8)10-9-6(2)3/h6-7H,4-5H2,1-3H3. The first-order valence-electron chi connectivity index (χ1n) is 3.58. The summed E-state index contributed by atoms with van der Waals surface area (Å²) in [5, 5.41) is 1.34. The molecule has 10 heavy (non-hydrogen) atoms. The lowest BCUT2D eigenvalue weighted by Gasteiger charge is -2.10. The Labute approximate surface area is 76.9 Å². The molecule has 0 aliphatic carbocycles. The van der Waals surface area contributed by atoms with E-state index in [0.717, 1.165) is 5.88 Å². The summed E-state index contributed by atoms with van der Waals surface area (Å²) in [6, 6.07) is 0. The summed E-state index contributed by atoms with van der Waals surface area (Å²) in [5.74, 6) is 0.779. The summed E-state index contributed by atoms with van der Waals surface area (Å²) < 4.78 is 0. The van der Waals surface area contributed by atoms with Crippen molar-refractivity contribution in [3.8, 4) is 0 Å². The lowest BCUT2D eigenvalue weighted by atomic mass is 10.4. The quantitative estimate of drug-likeness (QED) is 0.487. The predicted molar refractivity (Wildman–Crippen MR) is 55.1 cm³/mol. The molecule has 1 atom stereocenters. The first-order valence-corrected chi connectivity index (χ1v) is 6.39. The molecular weight excluding hydrogens is 184 g/mol. The summed E-state index contributed by atoms with van der Waals surface area (Å²) in [6.07, 6.45) is 1.17. The fraction of sp³-hybridized carbons (Fsp3) is 1.00. The number of hydrogen-bond acceptors (Lipinski definition) is 2. The molecule has 0 spiro atoms. The zero-order chi connectivity index (χ0) is 7.98. The van der Waals surface area contributed by atoms with Crippen LogP contribution in [0.15, 0.2) is 0 Å². The normalized spacial score (nSPS) is 14.1. The van der Waals surface area contributed by atoms with Gasteiger partial charge in [0, 0.05) is 16.4 Å². The molecule has 0 N–H and O–H groups in total. The molecule has 0 radical (unpaired) electrons. The largest absolute Gasteiger partial charge is 0.125 e. The van der Waals surface area contributed by atoms with Crippen LogP contribution in [0.4, 0.5) is 0 Å². The van der Waals surface area contributed by atoms with Crippen LogP contribution in [0.1, 0.15) is 27.2 Å². The Balaban J connectivity index is 3.26.